The molecule has 0 aliphatic rings. The predicted octanol–water partition coefficient (Wildman–Crippen LogP) is 4.98. The van der Waals surface area contributed by atoms with E-state index in [0.717, 1.165) is 11.3 Å². The maximum Gasteiger partial charge on any atom is 0.262 e. The zero-order valence-electron chi connectivity index (χ0n) is 15.4. The third-order valence-corrected chi connectivity index (χ3v) is 4.25. The molecule has 3 rings (SSSR count). The van der Waals surface area contributed by atoms with Crippen molar-refractivity contribution in [3.8, 4) is 11.5 Å². The van der Waals surface area contributed by atoms with Crippen LogP contribution in [-0.2, 0) is 11.3 Å². The fourth-order valence-corrected chi connectivity index (χ4v) is 2.92. The number of rotatable bonds is 8. The van der Waals surface area contributed by atoms with Crippen molar-refractivity contribution in [2.75, 3.05) is 24.4 Å². The minimum atomic E-state index is -0.279. The lowest BCUT2D eigenvalue weighted by atomic mass is 10.2. The van der Waals surface area contributed by atoms with Gasteiger partial charge in [-0.1, -0.05) is 48.0 Å². The van der Waals surface area contributed by atoms with Gasteiger partial charge in [-0.05, 0) is 42.0 Å². The standard InChI is InChI=1S/C22H21ClN2O3/c1-27-20-13-16(14-24-17-8-4-2-5-9-17)12-19(23)22(20)28-15-21(26)25-18-10-6-3-7-11-18/h2-13,24H,14-15H2,1H3,(H,25,26). The van der Waals surface area contributed by atoms with Crippen LogP contribution in [0.2, 0.25) is 5.02 Å². The molecule has 0 fully saturated rings. The molecule has 0 saturated carbocycles. The van der Waals surface area contributed by atoms with Gasteiger partial charge < -0.3 is 20.1 Å². The molecule has 28 heavy (non-hydrogen) atoms. The van der Waals surface area contributed by atoms with Gasteiger partial charge in [0.15, 0.2) is 18.1 Å². The average Bonchev–Trinajstić information content (AvgIpc) is 2.72. The molecule has 0 unspecified atom stereocenters. The van der Waals surface area contributed by atoms with Gasteiger partial charge in [0, 0.05) is 17.9 Å². The lowest BCUT2D eigenvalue weighted by Gasteiger charge is -2.15. The highest BCUT2D eigenvalue weighted by Gasteiger charge is 2.14. The van der Waals surface area contributed by atoms with Gasteiger partial charge in [0.2, 0.25) is 0 Å². The lowest BCUT2D eigenvalue weighted by Crippen LogP contribution is -2.20. The zero-order chi connectivity index (χ0) is 19.8. The monoisotopic (exact) mass is 396 g/mol. The summed E-state index contributed by atoms with van der Waals surface area (Å²) in [6.07, 6.45) is 0. The highest BCUT2D eigenvalue weighted by atomic mass is 35.5. The van der Waals surface area contributed by atoms with Crippen LogP contribution in [0.1, 0.15) is 5.56 Å². The molecule has 0 radical (unpaired) electrons. The number of ether oxygens (including phenoxy) is 2. The van der Waals surface area contributed by atoms with Crippen LogP contribution in [0, 0.1) is 0 Å². The number of carbonyl (C=O) groups excluding carboxylic acids is 1. The topological polar surface area (TPSA) is 59.6 Å². The van der Waals surface area contributed by atoms with Crippen molar-refractivity contribution in [1.82, 2.24) is 0 Å². The minimum Gasteiger partial charge on any atom is -0.493 e. The van der Waals surface area contributed by atoms with E-state index in [4.69, 9.17) is 21.1 Å². The second-order valence-electron chi connectivity index (χ2n) is 6.03. The Morgan fingerprint density at radius 3 is 2.25 bits per heavy atom. The summed E-state index contributed by atoms with van der Waals surface area (Å²) in [5.74, 6) is 0.542. The van der Waals surface area contributed by atoms with Crippen molar-refractivity contribution >= 4 is 28.9 Å². The SMILES string of the molecule is COc1cc(CNc2ccccc2)cc(Cl)c1OCC(=O)Nc1ccccc1. The molecule has 2 N–H and O–H groups in total. The fourth-order valence-electron chi connectivity index (χ4n) is 2.63. The third-order valence-electron chi connectivity index (χ3n) is 3.96. The first kappa shape index (κ1) is 19.6. The van der Waals surface area contributed by atoms with Crippen LogP contribution in [0.4, 0.5) is 11.4 Å². The molecule has 3 aromatic carbocycles. The summed E-state index contributed by atoms with van der Waals surface area (Å²) in [6.45, 7) is 0.404. The van der Waals surface area contributed by atoms with E-state index in [1.54, 1.807) is 18.2 Å². The van der Waals surface area contributed by atoms with Gasteiger partial charge in [0.25, 0.3) is 5.91 Å². The van der Waals surface area contributed by atoms with Crippen LogP contribution in [0.25, 0.3) is 0 Å². The summed E-state index contributed by atoms with van der Waals surface area (Å²) in [5.41, 5.74) is 2.65. The van der Waals surface area contributed by atoms with Crippen LogP contribution in [0.3, 0.4) is 0 Å². The normalized spacial score (nSPS) is 10.2. The first-order valence-corrected chi connectivity index (χ1v) is 9.16. The summed E-state index contributed by atoms with van der Waals surface area (Å²) in [5, 5.41) is 6.46. The molecule has 6 heteroatoms. The summed E-state index contributed by atoms with van der Waals surface area (Å²) in [6, 6.07) is 22.7. The van der Waals surface area contributed by atoms with E-state index < -0.39 is 0 Å². The molecule has 0 aromatic heterocycles. The number of amides is 1. The van der Waals surface area contributed by atoms with E-state index in [-0.39, 0.29) is 12.5 Å². The Labute approximate surface area is 169 Å². The molecule has 0 aliphatic heterocycles. The van der Waals surface area contributed by atoms with Crippen LogP contribution in [0.15, 0.2) is 72.8 Å². The fraction of sp³-hybridized carbons (Fsp3) is 0.136. The molecule has 0 bridgehead atoms. The van der Waals surface area contributed by atoms with Crippen molar-refractivity contribution in [2.45, 2.75) is 6.54 Å². The van der Waals surface area contributed by atoms with E-state index >= 15 is 0 Å². The van der Waals surface area contributed by atoms with Crippen molar-refractivity contribution in [3.05, 3.63) is 83.4 Å². The van der Waals surface area contributed by atoms with Crippen LogP contribution in [-0.4, -0.2) is 19.6 Å². The van der Waals surface area contributed by atoms with Crippen LogP contribution in [0.5, 0.6) is 11.5 Å². The van der Waals surface area contributed by atoms with Gasteiger partial charge in [-0.3, -0.25) is 4.79 Å². The molecule has 0 aliphatic carbocycles. The van der Waals surface area contributed by atoms with E-state index in [9.17, 15) is 4.79 Å². The van der Waals surface area contributed by atoms with E-state index in [2.05, 4.69) is 10.6 Å². The summed E-state index contributed by atoms with van der Waals surface area (Å²) >= 11 is 6.37. The maximum absolute atomic E-state index is 12.1. The average molecular weight is 397 g/mol. The molecular weight excluding hydrogens is 376 g/mol. The number of benzene rings is 3. The minimum absolute atomic E-state index is 0.174. The highest BCUT2D eigenvalue weighted by molar-refractivity contribution is 6.32. The Morgan fingerprint density at radius 1 is 0.964 bits per heavy atom. The Kier molecular flexibility index (Phi) is 6.76. The molecule has 3 aromatic rings. The Balaban J connectivity index is 1.63. The molecule has 0 spiro atoms. The van der Waals surface area contributed by atoms with Crippen LogP contribution >= 0.6 is 11.6 Å². The predicted molar refractivity (Wildman–Crippen MR) is 112 cm³/mol. The third kappa shape index (κ3) is 5.41. The second kappa shape index (κ2) is 9.67. The van der Waals surface area contributed by atoms with E-state index in [1.165, 1.54) is 7.11 Å². The van der Waals surface area contributed by atoms with Crippen molar-refractivity contribution in [1.29, 1.82) is 0 Å². The van der Waals surface area contributed by atoms with E-state index in [0.29, 0.717) is 28.8 Å². The van der Waals surface area contributed by atoms with Crippen LogP contribution < -0.4 is 20.1 Å². The number of hydrogen-bond acceptors (Lipinski definition) is 4. The number of carbonyl (C=O) groups is 1. The van der Waals surface area contributed by atoms with Gasteiger partial charge in [0.1, 0.15) is 0 Å². The first-order chi connectivity index (χ1) is 13.7. The van der Waals surface area contributed by atoms with Gasteiger partial charge in [0.05, 0.1) is 12.1 Å². The molecule has 1 amide bonds. The van der Waals surface area contributed by atoms with E-state index in [1.807, 2.05) is 54.6 Å². The maximum atomic E-state index is 12.1. The van der Waals surface area contributed by atoms with Gasteiger partial charge >= 0.3 is 0 Å². The smallest absolute Gasteiger partial charge is 0.262 e. The number of methoxy groups -OCH3 is 1. The van der Waals surface area contributed by atoms with Gasteiger partial charge in [-0.15, -0.1) is 0 Å². The number of anilines is 2. The highest BCUT2D eigenvalue weighted by Crippen LogP contribution is 2.36. The van der Waals surface area contributed by atoms with Crippen molar-refractivity contribution in [3.63, 3.8) is 0 Å². The summed E-state index contributed by atoms with van der Waals surface area (Å²) in [4.78, 5) is 12.1. The summed E-state index contributed by atoms with van der Waals surface area (Å²) < 4.78 is 11.0. The first-order valence-electron chi connectivity index (χ1n) is 8.79. The van der Waals surface area contributed by atoms with Gasteiger partial charge in [-0.25, -0.2) is 0 Å². The molecule has 144 valence electrons. The number of para-hydroxylation sites is 2. The number of halogens is 1. The second-order valence-corrected chi connectivity index (χ2v) is 6.44. The quantitative estimate of drug-likeness (QED) is 0.563. The van der Waals surface area contributed by atoms with Gasteiger partial charge in [-0.2, -0.15) is 0 Å². The Morgan fingerprint density at radius 2 is 1.61 bits per heavy atom. The Bertz CT molecular complexity index is 918. The summed E-state index contributed by atoms with van der Waals surface area (Å²) in [7, 11) is 1.54. The number of nitrogens with one attached hydrogen (secondary N) is 2. The molecule has 0 atom stereocenters. The zero-order valence-corrected chi connectivity index (χ0v) is 16.2. The molecule has 5 nitrogen and oxygen atoms in total. The number of hydrogen-bond donors (Lipinski definition) is 2. The molecule has 0 saturated heterocycles. The lowest BCUT2D eigenvalue weighted by molar-refractivity contribution is -0.118. The largest absolute Gasteiger partial charge is 0.493 e. The molecular formula is C22H21ClN2O3. The Hall–Kier alpha value is -3.18. The molecule has 0 heterocycles. The van der Waals surface area contributed by atoms with Crippen molar-refractivity contribution in [2.24, 2.45) is 0 Å². The van der Waals surface area contributed by atoms with Crippen molar-refractivity contribution < 1.29 is 14.3 Å².